The van der Waals surface area contributed by atoms with Crippen molar-refractivity contribution in [1.82, 2.24) is 9.78 Å². The van der Waals surface area contributed by atoms with Crippen LogP contribution >= 0.6 is 0 Å². The molecule has 1 saturated heterocycles. The van der Waals surface area contributed by atoms with Gasteiger partial charge in [0.05, 0.1) is 29.9 Å². The highest BCUT2D eigenvalue weighted by molar-refractivity contribution is 5.87. The highest BCUT2D eigenvalue weighted by atomic mass is 16.6. The number of nitrogens with zero attached hydrogens (tertiary/aromatic N) is 3. The zero-order valence-electron chi connectivity index (χ0n) is 16.7. The van der Waals surface area contributed by atoms with Gasteiger partial charge in [-0.15, -0.1) is 0 Å². The van der Waals surface area contributed by atoms with Gasteiger partial charge >= 0.3 is 0 Å². The van der Waals surface area contributed by atoms with Gasteiger partial charge in [0.1, 0.15) is 23.6 Å². The quantitative estimate of drug-likeness (QED) is 0.314. The molecule has 0 unspecified atom stereocenters. The van der Waals surface area contributed by atoms with Gasteiger partial charge in [0.15, 0.2) is 5.75 Å². The second-order valence-electron chi connectivity index (χ2n) is 7.01. The molecule has 2 aromatic carbocycles. The third-order valence-corrected chi connectivity index (χ3v) is 4.92. The van der Waals surface area contributed by atoms with E-state index in [1.165, 1.54) is 12.1 Å². The Bertz CT molecular complexity index is 1010. The Kier molecular flexibility index (Phi) is 6.10. The van der Waals surface area contributed by atoms with Crippen molar-refractivity contribution in [1.29, 1.82) is 0 Å². The van der Waals surface area contributed by atoms with E-state index in [9.17, 15) is 10.1 Å². The molecule has 0 aliphatic carbocycles. The molecule has 3 aromatic rings. The Morgan fingerprint density at radius 2 is 1.90 bits per heavy atom. The number of aromatic nitrogens is 2. The van der Waals surface area contributed by atoms with Crippen molar-refractivity contribution < 1.29 is 23.9 Å². The Balaban J connectivity index is 1.37. The lowest BCUT2D eigenvalue weighted by Gasteiger charge is -2.22. The van der Waals surface area contributed by atoms with E-state index in [1.807, 2.05) is 0 Å². The molecule has 0 radical (unpaired) electrons. The lowest BCUT2D eigenvalue weighted by Crippen LogP contribution is -2.25. The smallest absolute Gasteiger partial charge is 0.273 e. The average molecular weight is 413 g/mol. The zero-order chi connectivity index (χ0) is 20.9. The predicted octanol–water partition coefficient (Wildman–Crippen LogP) is 3.85. The van der Waals surface area contributed by atoms with Gasteiger partial charge in [0.2, 0.25) is 0 Å². The zero-order valence-corrected chi connectivity index (χ0v) is 16.7. The van der Waals surface area contributed by atoms with Crippen LogP contribution in [0.3, 0.4) is 0 Å². The summed E-state index contributed by atoms with van der Waals surface area (Å²) in [6.07, 6.45) is 3.67. The van der Waals surface area contributed by atoms with Crippen molar-refractivity contribution in [2.24, 2.45) is 7.05 Å². The predicted molar refractivity (Wildman–Crippen MR) is 109 cm³/mol. The molecular weight excluding hydrogens is 390 g/mol. The van der Waals surface area contributed by atoms with Crippen LogP contribution in [0, 0.1) is 10.1 Å². The van der Waals surface area contributed by atoms with Gasteiger partial charge in [-0.2, -0.15) is 5.10 Å². The standard InChI is InChI=1S/C21H23N3O6/c1-23-21-15(14-22-23)12-16(24(25)26)13-20(21)30-19-4-2-17(3-5-19)28-10-11-29-18-6-8-27-9-7-18/h2-5,12-14,18H,6-11H2,1H3. The molecule has 4 rings (SSSR count). The van der Waals surface area contributed by atoms with Crippen molar-refractivity contribution >= 4 is 16.6 Å². The van der Waals surface area contributed by atoms with Crippen molar-refractivity contribution in [2.45, 2.75) is 18.9 Å². The van der Waals surface area contributed by atoms with Crippen molar-refractivity contribution in [3.8, 4) is 17.2 Å². The number of non-ortho nitro benzene ring substituents is 1. The number of ether oxygens (including phenoxy) is 4. The van der Waals surface area contributed by atoms with Gasteiger partial charge in [-0.05, 0) is 37.1 Å². The topological polar surface area (TPSA) is 97.9 Å². The van der Waals surface area contributed by atoms with Crippen LogP contribution in [-0.4, -0.2) is 47.2 Å². The van der Waals surface area contributed by atoms with E-state index in [0.29, 0.717) is 41.4 Å². The molecule has 0 atom stereocenters. The van der Waals surface area contributed by atoms with Gasteiger partial charge in [-0.3, -0.25) is 14.8 Å². The first-order valence-electron chi connectivity index (χ1n) is 9.80. The van der Waals surface area contributed by atoms with E-state index in [1.54, 1.807) is 42.2 Å². The Morgan fingerprint density at radius 1 is 1.17 bits per heavy atom. The lowest BCUT2D eigenvalue weighted by molar-refractivity contribution is -0.384. The number of nitro benzene ring substituents is 1. The summed E-state index contributed by atoms with van der Waals surface area (Å²) >= 11 is 0. The first-order chi connectivity index (χ1) is 14.6. The van der Waals surface area contributed by atoms with E-state index in [4.69, 9.17) is 18.9 Å². The summed E-state index contributed by atoms with van der Waals surface area (Å²) in [5.74, 6) is 1.61. The minimum atomic E-state index is -0.446. The van der Waals surface area contributed by atoms with Crippen LogP contribution < -0.4 is 9.47 Å². The highest BCUT2D eigenvalue weighted by Crippen LogP contribution is 2.34. The summed E-state index contributed by atoms with van der Waals surface area (Å²) in [7, 11) is 1.76. The first kappa shape index (κ1) is 20.1. The largest absolute Gasteiger partial charge is 0.491 e. The van der Waals surface area contributed by atoms with Gasteiger partial charge in [0, 0.05) is 31.7 Å². The molecule has 9 nitrogen and oxygen atoms in total. The van der Waals surface area contributed by atoms with Crippen LogP contribution in [0.1, 0.15) is 12.8 Å². The number of fused-ring (bicyclic) bond motifs is 1. The molecule has 2 heterocycles. The van der Waals surface area contributed by atoms with E-state index >= 15 is 0 Å². The molecular formula is C21H23N3O6. The molecule has 1 fully saturated rings. The fraction of sp³-hybridized carbons (Fsp3) is 0.381. The number of benzene rings is 2. The summed E-state index contributed by atoms with van der Waals surface area (Å²) < 4.78 is 24.4. The molecule has 0 amide bonds. The monoisotopic (exact) mass is 413 g/mol. The number of rotatable bonds is 8. The lowest BCUT2D eigenvalue weighted by atomic mass is 10.2. The van der Waals surface area contributed by atoms with E-state index in [-0.39, 0.29) is 11.8 Å². The number of hydrogen-bond acceptors (Lipinski definition) is 7. The maximum absolute atomic E-state index is 11.2. The van der Waals surface area contributed by atoms with Crippen LogP contribution in [0.15, 0.2) is 42.6 Å². The summed E-state index contributed by atoms with van der Waals surface area (Å²) in [6.45, 7) is 2.48. The van der Waals surface area contributed by atoms with Gasteiger partial charge in [0.25, 0.3) is 5.69 Å². The third-order valence-electron chi connectivity index (χ3n) is 4.92. The minimum Gasteiger partial charge on any atom is -0.491 e. The van der Waals surface area contributed by atoms with Crippen LogP contribution in [0.25, 0.3) is 10.9 Å². The first-order valence-corrected chi connectivity index (χ1v) is 9.80. The molecule has 0 bridgehead atoms. The van der Waals surface area contributed by atoms with Crippen molar-refractivity contribution in [3.05, 3.63) is 52.7 Å². The summed E-state index contributed by atoms with van der Waals surface area (Å²) in [5, 5.41) is 16.0. The van der Waals surface area contributed by atoms with Crippen molar-refractivity contribution in [3.63, 3.8) is 0 Å². The second kappa shape index (κ2) is 9.10. The normalized spacial score (nSPS) is 14.7. The number of hydrogen-bond donors (Lipinski definition) is 0. The fourth-order valence-electron chi connectivity index (χ4n) is 3.40. The second-order valence-corrected chi connectivity index (χ2v) is 7.01. The van der Waals surface area contributed by atoms with Crippen LogP contribution in [0.2, 0.25) is 0 Å². The molecule has 9 heteroatoms. The fourth-order valence-corrected chi connectivity index (χ4v) is 3.40. The van der Waals surface area contributed by atoms with E-state index in [2.05, 4.69) is 5.10 Å². The molecule has 1 aliphatic heterocycles. The molecule has 1 aliphatic rings. The highest BCUT2D eigenvalue weighted by Gasteiger charge is 2.17. The molecule has 158 valence electrons. The SMILES string of the molecule is Cn1ncc2cc([N+](=O)[O-])cc(Oc3ccc(OCCOC4CCOCC4)cc3)c21. The van der Waals surface area contributed by atoms with Crippen molar-refractivity contribution in [2.75, 3.05) is 26.4 Å². The van der Waals surface area contributed by atoms with Gasteiger partial charge in [-0.25, -0.2) is 0 Å². The molecule has 0 spiro atoms. The van der Waals surface area contributed by atoms with Gasteiger partial charge < -0.3 is 18.9 Å². The summed E-state index contributed by atoms with van der Waals surface area (Å²) in [5.41, 5.74) is 0.640. The maximum atomic E-state index is 11.2. The van der Waals surface area contributed by atoms with Crippen LogP contribution in [-0.2, 0) is 16.5 Å². The average Bonchev–Trinajstić information content (AvgIpc) is 3.14. The summed E-state index contributed by atoms with van der Waals surface area (Å²) in [4.78, 5) is 10.8. The van der Waals surface area contributed by atoms with E-state index < -0.39 is 4.92 Å². The number of nitro groups is 1. The maximum Gasteiger partial charge on any atom is 0.273 e. The third kappa shape index (κ3) is 4.69. The van der Waals surface area contributed by atoms with Crippen LogP contribution in [0.4, 0.5) is 5.69 Å². The van der Waals surface area contributed by atoms with Gasteiger partial charge in [-0.1, -0.05) is 0 Å². The van der Waals surface area contributed by atoms with Crippen LogP contribution in [0.5, 0.6) is 17.2 Å². The Morgan fingerprint density at radius 3 is 2.63 bits per heavy atom. The Hall–Kier alpha value is -3.17. The molecule has 1 aromatic heterocycles. The van der Waals surface area contributed by atoms with E-state index in [0.717, 1.165) is 26.1 Å². The number of aryl methyl sites for hydroxylation is 1. The summed E-state index contributed by atoms with van der Waals surface area (Å²) in [6, 6.07) is 9.99. The molecule has 30 heavy (non-hydrogen) atoms. The Labute approximate surface area is 173 Å². The molecule has 0 saturated carbocycles. The molecule has 0 N–H and O–H groups in total. The minimum absolute atomic E-state index is 0.0463.